The van der Waals surface area contributed by atoms with Gasteiger partial charge in [0, 0.05) is 18.7 Å². The maximum absolute atomic E-state index is 13.0. The van der Waals surface area contributed by atoms with Crippen molar-refractivity contribution in [3.63, 3.8) is 0 Å². The Morgan fingerprint density at radius 1 is 1.03 bits per heavy atom. The molecule has 2 aromatic rings. The van der Waals surface area contributed by atoms with E-state index in [1.807, 2.05) is 0 Å². The average Bonchev–Trinajstić information content (AvgIpc) is 2.78. The molecule has 8 nitrogen and oxygen atoms in total. The van der Waals surface area contributed by atoms with Gasteiger partial charge in [-0.2, -0.15) is 13.2 Å². The lowest BCUT2D eigenvalue weighted by molar-refractivity contribution is -0.147. The van der Waals surface area contributed by atoms with Gasteiger partial charge in [0.25, 0.3) is 11.8 Å². The van der Waals surface area contributed by atoms with E-state index in [-0.39, 0.29) is 37.0 Å². The Morgan fingerprint density at radius 3 is 2.38 bits per heavy atom. The highest BCUT2D eigenvalue weighted by Gasteiger charge is 2.31. The normalized spacial score (nSPS) is 11.9. The van der Waals surface area contributed by atoms with Crippen molar-refractivity contribution in [1.82, 2.24) is 5.32 Å². The van der Waals surface area contributed by atoms with Gasteiger partial charge in [-0.05, 0) is 37.3 Å². The fourth-order valence-electron chi connectivity index (χ4n) is 2.75. The van der Waals surface area contributed by atoms with Crippen molar-refractivity contribution < 1.29 is 41.8 Å². The summed E-state index contributed by atoms with van der Waals surface area (Å²) in [5.74, 6) is -1.99. The lowest BCUT2D eigenvalue weighted by Gasteiger charge is -2.16. The van der Waals surface area contributed by atoms with Crippen LogP contribution in [0.5, 0.6) is 5.75 Å². The molecule has 0 bridgehead atoms. The molecule has 0 saturated heterocycles. The molecular formula is C23H25F3N2O6. The van der Waals surface area contributed by atoms with Gasteiger partial charge < -0.3 is 24.8 Å². The number of hydrogen-bond acceptors (Lipinski definition) is 6. The minimum Gasteiger partial charge on any atom is -0.489 e. The molecule has 2 amide bonds. The number of rotatable bonds is 11. The van der Waals surface area contributed by atoms with Gasteiger partial charge in [-0.1, -0.05) is 18.2 Å². The average molecular weight is 482 g/mol. The van der Waals surface area contributed by atoms with Gasteiger partial charge in [0.05, 0.1) is 24.3 Å². The zero-order valence-corrected chi connectivity index (χ0v) is 18.6. The van der Waals surface area contributed by atoms with E-state index in [0.29, 0.717) is 5.56 Å². The number of hydrogen-bond donors (Lipinski definition) is 2. The molecule has 0 aliphatic carbocycles. The lowest BCUT2D eigenvalue weighted by Crippen LogP contribution is -2.35. The third kappa shape index (κ3) is 8.74. The predicted molar refractivity (Wildman–Crippen MR) is 116 cm³/mol. The second-order valence-electron chi connectivity index (χ2n) is 7.20. The fourth-order valence-corrected chi connectivity index (χ4v) is 2.75. The van der Waals surface area contributed by atoms with Crippen LogP contribution >= 0.6 is 0 Å². The Bertz CT molecular complexity index is 982. The number of benzene rings is 2. The molecule has 2 N–H and O–H groups in total. The molecule has 0 spiro atoms. The Kier molecular flexibility index (Phi) is 9.87. The third-order valence-corrected chi connectivity index (χ3v) is 4.38. The van der Waals surface area contributed by atoms with E-state index in [2.05, 4.69) is 10.6 Å². The Hall–Kier alpha value is -3.60. The molecular weight excluding hydrogens is 457 g/mol. The van der Waals surface area contributed by atoms with Crippen LogP contribution in [0.4, 0.5) is 18.9 Å². The first kappa shape index (κ1) is 26.7. The molecule has 0 saturated carbocycles. The third-order valence-electron chi connectivity index (χ3n) is 4.38. The van der Waals surface area contributed by atoms with Gasteiger partial charge in [-0.15, -0.1) is 0 Å². The van der Waals surface area contributed by atoms with E-state index in [1.165, 1.54) is 7.11 Å². The van der Waals surface area contributed by atoms with Crippen LogP contribution in [-0.4, -0.2) is 50.8 Å². The summed E-state index contributed by atoms with van der Waals surface area (Å²) in [6.07, 6.45) is -4.84. The van der Waals surface area contributed by atoms with Crippen LogP contribution in [-0.2, 0) is 25.2 Å². The molecule has 2 rings (SSSR count). The quantitative estimate of drug-likeness (QED) is 0.376. The van der Waals surface area contributed by atoms with E-state index < -0.39 is 36.3 Å². The van der Waals surface area contributed by atoms with E-state index in [4.69, 9.17) is 14.2 Å². The number of esters is 1. The Balaban J connectivity index is 1.90. The van der Waals surface area contributed by atoms with Gasteiger partial charge in [-0.25, -0.2) is 0 Å². The molecule has 2 aromatic carbocycles. The summed E-state index contributed by atoms with van der Waals surface area (Å²) in [4.78, 5) is 36.3. The number of ether oxygens (including phenoxy) is 3. The highest BCUT2D eigenvalue weighted by molar-refractivity contribution is 5.95. The van der Waals surface area contributed by atoms with Crippen molar-refractivity contribution in [2.45, 2.75) is 25.6 Å². The zero-order chi connectivity index (χ0) is 25.1. The van der Waals surface area contributed by atoms with Crippen LogP contribution < -0.4 is 15.4 Å². The first-order valence-corrected chi connectivity index (χ1v) is 10.2. The van der Waals surface area contributed by atoms with Crippen LogP contribution in [0.15, 0.2) is 48.5 Å². The van der Waals surface area contributed by atoms with Crippen LogP contribution in [0.2, 0.25) is 0 Å². The van der Waals surface area contributed by atoms with E-state index in [1.54, 1.807) is 37.3 Å². The zero-order valence-electron chi connectivity index (χ0n) is 18.6. The largest absolute Gasteiger partial charge is 0.489 e. The monoisotopic (exact) mass is 482 g/mol. The number of carbonyl (C=O) groups is 3. The van der Waals surface area contributed by atoms with E-state index in [0.717, 1.165) is 18.2 Å². The number of amides is 2. The maximum atomic E-state index is 13.0. The highest BCUT2D eigenvalue weighted by atomic mass is 19.4. The molecule has 34 heavy (non-hydrogen) atoms. The Morgan fingerprint density at radius 2 is 1.74 bits per heavy atom. The van der Waals surface area contributed by atoms with Crippen LogP contribution in [0.1, 0.15) is 29.3 Å². The number of alkyl halides is 3. The first-order valence-electron chi connectivity index (χ1n) is 10.2. The van der Waals surface area contributed by atoms with Gasteiger partial charge in [0.1, 0.15) is 12.4 Å². The summed E-state index contributed by atoms with van der Waals surface area (Å²) in [6, 6.07) is 10.4. The van der Waals surface area contributed by atoms with Gasteiger partial charge >= 0.3 is 12.1 Å². The highest BCUT2D eigenvalue weighted by Crippen LogP contribution is 2.35. The van der Waals surface area contributed by atoms with Crippen molar-refractivity contribution in [2.24, 2.45) is 0 Å². The molecule has 0 aliphatic heterocycles. The second-order valence-corrected chi connectivity index (χ2v) is 7.20. The SMILES string of the molecule is COCCOc1ccc(C(F)(F)F)cc1NC(=O)COC(=O)CC(C)NC(=O)c1ccccc1. The first-order chi connectivity index (χ1) is 16.1. The molecule has 0 aromatic heterocycles. The minimum atomic E-state index is -4.63. The number of methoxy groups -OCH3 is 1. The standard InChI is InChI=1S/C23H25F3N2O6/c1-15(27-22(31)16-6-4-3-5-7-16)12-21(30)34-14-20(29)28-18-13-17(23(24,25)26)8-9-19(18)33-11-10-32-2/h3-9,13,15H,10-12,14H2,1-2H3,(H,27,31)(H,28,29). The molecule has 0 heterocycles. The van der Waals surface area contributed by atoms with E-state index >= 15 is 0 Å². The smallest absolute Gasteiger partial charge is 0.416 e. The fraction of sp³-hybridized carbons (Fsp3) is 0.348. The van der Waals surface area contributed by atoms with Crippen molar-refractivity contribution in [1.29, 1.82) is 0 Å². The summed E-state index contributed by atoms with van der Waals surface area (Å²) < 4.78 is 54.2. The molecule has 11 heteroatoms. The summed E-state index contributed by atoms with van der Waals surface area (Å²) in [5.41, 5.74) is -0.788. The molecule has 184 valence electrons. The summed E-state index contributed by atoms with van der Waals surface area (Å²) >= 11 is 0. The number of halogens is 3. The number of carbonyl (C=O) groups excluding carboxylic acids is 3. The topological polar surface area (TPSA) is 103 Å². The summed E-state index contributed by atoms with van der Waals surface area (Å²) in [6.45, 7) is 1.09. The van der Waals surface area contributed by atoms with Crippen molar-refractivity contribution in [3.8, 4) is 5.75 Å². The van der Waals surface area contributed by atoms with Crippen LogP contribution in [0.25, 0.3) is 0 Å². The summed E-state index contributed by atoms with van der Waals surface area (Å²) in [7, 11) is 1.43. The van der Waals surface area contributed by atoms with Crippen LogP contribution in [0.3, 0.4) is 0 Å². The lowest BCUT2D eigenvalue weighted by atomic mass is 10.1. The van der Waals surface area contributed by atoms with Gasteiger partial charge in [0.15, 0.2) is 6.61 Å². The summed E-state index contributed by atoms with van der Waals surface area (Å²) in [5, 5.41) is 4.89. The van der Waals surface area contributed by atoms with Gasteiger partial charge in [-0.3, -0.25) is 14.4 Å². The number of nitrogens with one attached hydrogen (secondary N) is 2. The molecule has 1 atom stereocenters. The molecule has 0 fully saturated rings. The Labute approximate surface area is 194 Å². The van der Waals surface area contributed by atoms with Crippen molar-refractivity contribution in [3.05, 3.63) is 59.7 Å². The van der Waals surface area contributed by atoms with Crippen LogP contribution in [0, 0.1) is 0 Å². The minimum absolute atomic E-state index is 0.00183. The van der Waals surface area contributed by atoms with Gasteiger partial charge in [0.2, 0.25) is 0 Å². The predicted octanol–water partition coefficient (Wildman–Crippen LogP) is 3.42. The number of anilines is 1. The molecule has 0 aliphatic rings. The maximum Gasteiger partial charge on any atom is 0.416 e. The van der Waals surface area contributed by atoms with Crippen molar-refractivity contribution in [2.75, 3.05) is 32.2 Å². The van der Waals surface area contributed by atoms with E-state index in [9.17, 15) is 27.6 Å². The molecule has 0 radical (unpaired) electrons. The van der Waals surface area contributed by atoms with Crippen molar-refractivity contribution >= 4 is 23.5 Å². The molecule has 1 unspecified atom stereocenters. The second kappa shape index (κ2) is 12.6.